The minimum atomic E-state index is -3.55. The molecule has 1 amide bonds. The molecule has 1 heterocycles. The number of carbonyl (C=O) groups excluding carboxylic acids is 2. The highest BCUT2D eigenvalue weighted by Crippen LogP contribution is 2.22. The van der Waals surface area contributed by atoms with Crippen molar-refractivity contribution in [3.05, 3.63) is 48.0 Å². The van der Waals surface area contributed by atoms with Gasteiger partial charge < -0.3 is 14.8 Å². The molecule has 0 aliphatic carbocycles. The van der Waals surface area contributed by atoms with Gasteiger partial charge in [0, 0.05) is 6.42 Å². The van der Waals surface area contributed by atoms with Crippen molar-refractivity contribution in [2.75, 3.05) is 6.61 Å². The van der Waals surface area contributed by atoms with E-state index in [2.05, 4.69) is 10.1 Å². The van der Waals surface area contributed by atoms with Crippen molar-refractivity contribution in [3.63, 3.8) is 0 Å². The van der Waals surface area contributed by atoms with Crippen LogP contribution in [0.25, 0.3) is 0 Å². The maximum absolute atomic E-state index is 13.4. The quantitative estimate of drug-likeness (QED) is 0.678. The fraction of sp³-hybridized carbons (Fsp3) is 0.412. The zero-order chi connectivity index (χ0) is 17.4. The van der Waals surface area contributed by atoms with Gasteiger partial charge in [-0.15, -0.1) is 0 Å². The summed E-state index contributed by atoms with van der Waals surface area (Å²) in [4.78, 5) is 23.2. The number of hydrogen-bond donors (Lipinski definition) is 1. The van der Waals surface area contributed by atoms with Gasteiger partial charge in [-0.05, 0) is 18.4 Å². The van der Waals surface area contributed by atoms with E-state index in [0.29, 0.717) is 12.8 Å². The van der Waals surface area contributed by atoms with Crippen LogP contribution in [0, 0.1) is 0 Å². The predicted octanol–water partition coefficient (Wildman–Crippen LogP) is 3.20. The Morgan fingerprint density at radius 2 is 2.04 bits per heavy atom. The third-order valence-electron chi connectivity index (χ3n) is 3.47. The number of esters is 1. The van der Waals surface area contributed by atoms with Crippen LogP contribution in [0.15, 0.2) is 42.5 Å². The van der Waals surface area contributed by atoms with E-state index in [1.165, 1.54) is 6.08 Å². The number of cyclic esters (lactones) is 1. The minimum absolute atomic E-state index is 0.0944. The average molecular weight is 339 g/mol. The first-order chi connectivity index (χ1) is 11.5. The number of carbonyl (C=O) groups is 2. The zero-order valence-electron chi connectivity index (χ0n) is 13.0. The number of rotatable bonds is 3. The molecule has 1 atom stereocenters. The Morgan fingerprint density at radius 3 is 2.79 bits per heavy atom. The van der Waals surface area contributed by atoms with Gasteiger partial charge >= 0.3 is 18.0 Å². The van der Waals surface area contributed by atoms with Crippen molar-refractivity contribution < 1.29 is 27.8 Å². The van der Waals surface area contributed by atoms with Crippen LogP contribution in [-0.4, -0.2) is 30.6 Å². The molecule has 0 aromatic heterocycles. The molecule has 1 aliphatic heterocycles. The van der Waals surface area contributed by atoms with E-state index >= 15 is 0 Å². The molecule has 1 N–H and O–H groups in total. The van der Waals surface area contributed by atoms with Crippen LogP contribution in [0.4, 0.5) is 13.6 Å². The Morgan fingerprint density at radius 1 is 1.29 bits per heavy atom. The number of alkyl halides is 2. The second-order valence-electron chi connectivity index (χ2n) is 5.46. The molecule has 0 spiro atoms. The van der Waals surface area contributed by atoms with Gasteiger partial charge in [0.15, 0.2) is 0 Å². The molecule has 0 saturated carbocycles. The first kappa shape index (κ1) is 17.9. The fourth-order valence-electron chi connectivity index (χ4n) is 2.14. The lowest BCUT2D eigenvalue weighted by atomic mass is 10.1. The highest BCUT2D eigenvalue weighted by atomic mass is 19.3. The lowest BCUT2D eigenvalue weighted by Crippen LogP contribution is -2.41. The number of amides is 1. The SMILES string of the molecule is O=C(N[C@@H]1CC/C=C\CC(F)(F)C(=O)OC1)OCc1ccccc1. The number of hydrogen-bond acceptors (Lipinski definition) is 4. The van der Waals surface area contributed by atoms with Gasteiger partial charge in [0.2, 0.25) is 0 Å². The molecule has 0 saturated heterocycles. The normalized spacial score (nSPS) is 22.1. The maximum atomic E-state index is 13.4. The van der Waals surface area contributed by atoms with E-state index in [4.69, 9.17) is 4.74 Å². The molecule has 24 heavy (non-hydrogen) atoms. The summed E-state index contributed by atoms with van der Waals surface area (Å²) in [6, 6.07) is 8.53. The van der Waals surface area contributed by atoms with E-state index in [9.17, 15) is 18.4 Å². The standard InChI is InChI=1S/C17H19F2NO4/c18-17(19)10-6-2-5-9-14(12-23-15(17)21)20-16(22)24-11-13-7-3-1-4-8-13/h1-4,6-8,14H,5,9-12H2,(H,20,22)/b6-2-/t14-/m1/s1. The van der Waals surface area contributed by atoms with Gasteiger partial charge in [0.05, 0.1) is 6.04 Å². The largest absolute Gasteiger partial charge is 0.459 e. The number of nitrogens with one attached hydrogen (secondary N) is 1. The summed E-state index contributed by atoms with van der Waals surface area (Å²) >= 11 is 0. The second kappa shape index (κ2) is 8.42. The Bertz CT molecular complexity index is 590. The molecule has 130 valence electrons. The van der Waals surface area contributed by atoms with E-state index in [1.54, 1.807) is 6.08 Å². The summed E-state index contributed by atoms with van der Waals surface area (Å²) in [5.74, 6) is -5.13. The smallest absolute Gasteiger partial charge is 0.407 e. The molecule has 0 unspecified atom stereocenters. The Kier molecular flexibility index (Phi) is 6.28. The van der Waals surface area contributed by atoms with Gasteiger partial charge in [-0.2, -0.15) is 8.78 Å². The molecule has 2 rings (SSSR count). The fourth-order valence-corrected chi connectivity index (χ4v) is 2.14. The Balaban J connectivity index is 1.85. The summed E-state index contributed by atoms with van der Waals surface area (Å²) in [6.07, 6.45) is 2.39. The van der Waals surface area contributed by atoms with Crippen molar-refractivity contribution in [2.45, 2.75) is 37.8 Å². The molecule has 7 heteroatoms. The highest BCUT2D eigenvalue weighted by Gasteiger charge is 2.39. The summed E-state index contributed by atoms with van der Waals surface area (Å²) < 4.78 is 36.5. The third kappa shape index (κ3) is 5.64. The molecular weight excluding hydrogens is 320 g/mol. The lowest BCUT2D eigenvalue weighted by molar-refractivity contribution is -0.172. The van der Waals surface area contributed by atoms with Crippen LogP contribution in [-0.2, 0) is 20.9 Å². The monoisotopic (exact) mass is 339 g/mol. The first-order valence-corrected chi connectivity index (χ1v) is 7.64. The van der Waals surface area contributed by atoms with E-state index in [0.717, 1.165) is 5.56 Å². The highest BCUT2D eigenvalue weighted by molar-refractivity contribution is 5.77. The maximum Gasteiger partial charge on any atom is 0.407 e. The summed E-state index contributed by atoms with van der Waals surface area (Å²) in [5, 5.41) is 2.54. The summed E-state index contributed by atoms with van der Waals surface area (Å²) in [6.45, 7) is -0.222. The van der Waals surface area contributed by atoms with Crippen LogP contribution in [0.3, 0.4) is 0 Å². The van der Waals surface area contributed by atoms with E-state index in [-0.39, 0.29) is 13.2 Å². The van der Waals surface area contributed by atoms with Crippen LogP contribution in [0.1, 0.15) is 24.8 Å². The van der Waals surface area contributed by atoms with Gasteiger partial charge in [-0.1, -0.05) is 42.5 Å². The predicted molar refractivity (Wildman–Crippen MR) is 82.4 cm³/mol. The zero-order valence-corrected chi connectivity index (χ0v) is 13.0. The number of alkyl carbamates (subject to hydrolysis) is 1. The van der Waals surface area contributed by atoms with Gasteiger partial charge in [0.1, 0.15) is 13.2 Å². The minimum Gasteiger partial charge on any atom is -0.459 e. The van der Waals surface area contributed by atoms with Crippen LogP contribution in [0.5, 0.6) is 0 Å². The molecular formula is C17H19F2NO4. The number of halogens is 2. The number of allylic oxidation sites excluding steroid dienone is 2. The topological polar surface area (TPSA) is 64.6 Å². The van der Waals surface area contributed by atoms with Crippen LogP contribution in [0.2, 0.25) is 0 Å². The van der Waals surface area contributed by atoms with Crippen molar-refractivity contribution in [1.29, 1.82) is 0 Å². The van der Waals surface area contributed by atoms with Crippen LogP contribution < -0.4 is 5.32 Å². The molecule has 0 radical (unpaired) electrons. The first-order valence-electron chi connectivity index (χ1n) is 7.64. The van der Waals surface area contributed by atoms with Crippen molar-refractivity contribution >= 4 is 12.1 Å². The molecule has 1 aromatic rings. The second-order valence-corrected chi connectivity index (χ2v) is 5.46. The molecule has 0 fully saturated rings. The van der Waals surface area contributed by atoms with E-state index < -0.39 is 30.4 Å². The molecule has 1 aromatic carbocycles. The lowest BCUT2D eigenvalue weighted by Gasteiger charge is -2.21. The molecule has 5 nitrogen and oxygen atoms in total. The van der Waals surface area contributed by atoms with Gasteiger partial charge in [-0.3, -0.25) is 0 Å². The van der Waals surface area contributed by atoms with Crippen LogP contribution >= 0.6 is 0 Å². The molecule has 0 bridgehead atoms. The van der Waals surface area contributed by atoms with Crippen molar-refractivity contribution in [1.82, 2.24) is 5.32 Å². The van der Waals surface area contributed by atoms with Gasteiger partial charge in [-0.25, -0.2) is 9.59 Å². The van der Waals surface area contributed by atoms with E-state index in [1.807, 2.05) is 30.3 Å². The number of ether oxygens (including phenoxy) is 2. The summed E-state index contributed by atoms with van der Waals surface area (Å²) in [7, 11) is 0. The van der Waals surface area contributed by atoms with Crippen molar-refractivity contribution in [2.24, 2.45) is 0 Å². The molecule has 1 aliphatic rings. The van der Waals surface area contributed by atoms with Crippen molar-refractivity contribution in [3.8, 4) is 0 Å². The Labute approximate surface area is 138 Å². The number of benzene rings is 1. The summed E-state index contributed by atoms with van der Waals surface area (Å²) in [5.41, 5.74) is 0.826. The third-order valence-corrected chi connectivity index (χ3v) is 3.47. The average Bonchev–Trinajstić information content (AvgIpc) is 2.57. The Hall–Kier alpha value is -2.44. The van der Waals surface area contributed by atoms with Gasteiger partial charge in [0.25, 0.3) is 0 Å².